The normalized spacial score (nSPS) is 13.1. The zero-order valence-electron chi connectivity index (χ0n) is 17.2. The first-order chi connectivity index (χ1) is 14.8. The summed E-state index contributed by atoms with van der Waals surface area (Å²) in [7, 11) is 0. The number of thiophene rings is 1. The van der Waals surface area contributed by atoms with E-state index < -0.39 is 16.8 Å². The summed E-state index contributed by atoms with van der Waals surface area (Å²) in [6, 6.07) is 6.31. The van der Waals surface area contributed by atoms with Gasteiger partial charge in [-0.2, -0.15) is 5.26 Å². The number of anilines is 1. The lowest BCUT2D eigenvalue weighted by molar-refractivity contribution is -0.385. The molecule has 0 spiro atoms. The van der Waals surface area contributed by atoms with Crippen LogP contribution < -0.4 is 5.32 Å². The summed E-state index contributed by atoms with van der Waals surface area (Å²) in [6.45, 7) is 3.54. The maximum absolute atomic E-state index is 12.8. The molecule has 1 aromatic heterocycles. The van der Waals surface area contributed by atoms with E-state index in [0.717, 1.165) is 36.1 Å². The molecule has 1 aromatic carbocycles. The molecular weight excluding hydrogens is 418 g/mol. The predicted molar refractivity (Wildman–Crippen MR) is 117 cm³/mol. The van der Waals surface area contributed by atoms with Crippen molar-refractivity contribution in [1.82, 2.24) is 0 Å². The van der Waals surface area contributed by atoms with Crippen molar-refractivity contribution in [3.05, 3.63) is 61.0 Å². The summed E-state index contributed by atoms with van der Waals surface area (Å²) < 4.78 is 5.18. The Morgan fingerprint density at radius 2 is 2.10 bits per heavy atom. The largest absolute Gasteiger partial charge is 0.462 e. The van der Waals surface area contributed by atoms with Crippen LogP contribution in [0.4, 0.5) is 10.7 Å². The number of aryl methyl sites for hydroxylation is 2. The Hall–Kier alpha value is -3.51. The average Bonchev–Trinajstić information content (AvgIpc) is 3.10. The maximum atomic E-state index is 12.8. The van der Waals surface area contributed by atoms with Gasteiger partial charge in [-0.15, -0.1) is 11.3 Å². The van der Waals surface area contributed by atoms with Crippen LogP contribution in [0.3, 0.4) is 0 Å². The van der Waals surface area contributed by atoms with E-state index in [1.165, 1.54) is 23.5 Å². The third kappa shape index (κ3) is 4.81. The lowest BCUT2D eigenvalue weighted by Gasteiger charge is -2.12. The van der Waals surface area contributed by atoms with E-state index in [9.17, 15) is 25.0 Å². The number of esters is 1. The maximum Gasteiger partial charge on any atom is 0.341 e. The van der Waals surface area contributed by atoms with E-state index in [0.29, 0.717) is 21.7 Å². The molecule has 2 aromatic rings. The number of amides is 1. The lowest BCUT2D eigenvalue weighted by Crippen LogP contribution is -2.16. The SMILES string of the molecule is CCOC(=O)c1c(NC(=O)/C(C#N)=C\c2ccc(C)c([N+](=O)[O-])c2)sc2c1CCCC2. The minimum atomic E-state index is -0.685. The Labute approximate surface area is 183 Å². The first kappa shape index (κ1) is 22.2. The molecular formula is C22H21N3O5S. The second-order valence-corrected chi connectivity index (χ2v) is 8.17. The van der Waals surface area contributed by atoms with Crippen molar-refractivity contribution in [1.29, 1.82) is 5.26 Å². The molecule has 0 aliphatic heterocycles. The number of hydrogen-bond acceptors (Lipinski definition) is 7. The number of nitrogens with one attached hydrogen (secondary N) is 1. The average molecular weight is 439 g/mol. The Bertz CT molecular complexity index is 1130. The van der Waals surface area contributed by atoms with Gasteiger partial charge in [0.25, 0.3) is 11.6 Å². The van der Waals surface area contributed by atoms with E-state index in [1.807, 2.05) is 6.07 Å². The van der Waals surface area contributed by atoms with E-state index in [2.05, 4.69) is 5.32 Å². The smallest absolute Gasteiger partial charge is 0.341 e. The van der Waals surface area contributed by atoms with Crippen LogP contribution in [-0.2, 0) is 22.4 Å². The lowest BCUT2D eigenvalue weighted by atomic mass is 9.95. The topological polar surface area (TPSA) is 122 Å². The number of rotatable bonds is 6. The molecule has 1 aliphatic rings. The van der Waals surface area contributed by atoms with Crippen LogP contribution >= 0.6 is 11.3 Å². The predicted octanol–water partition coefficient (Wildman–Crippen LogP) is 4.57. The number of hydrogen-bond donors (Lipinski definition) is 1. The van der Waals surface area contributed by atoms with Crippen molar-refractivity contribution in [3.63, 3.8) is 0 Å². The fraction of sp³-hybridized carbons (Fsp3) is 0.318. The number of fused-ring (bicyclic) bond motifs is 1. The highest BCUT2D eigenvalue weighted by Gasteiger charge is 2.27. The van der Waals surface area contributed by atoms with Gasteiger partial charge in [0, 0.05) is 16.5 Å². The molecule has 3 rings (SSSR count). The summed E-state index contributed by atoms with van der Waals surface area (Å²) in [5, 5.41) is 23.7. The van der Waals surface area contributed by atoms with Crippen LogP contribution in [-0.4, -0.2) is 23.4 Å². The molecule has 1 N–H and O–H groups in total. The summed E-state index contributed by atoms with van der Waals surface area (Å²) in [6.07, 6.45) is 4.83. The Balaban J connectivity index is 1.93. The molecule has 0 saturated heterocycles. The van der Waals surface area contributed by atoms with Gasteiger partial charge in [0.2, 0.25) is 0 Å². The first-order valence-corrected chi connectivity index (χ1v) is 10.7. The number of benzene rings is 1. The number of nitro groups is 1. The minimum Gasteiger partial charge on any atom is -0.462 e. The molecule has 8 nitrogen and oxygen atoms in total. The molecule has 0 saturated carbocycles. The zero-order valence-corrected chi connectivity index (χ0v) is 18.0. The number of carbonyl (C=O) groups is 2. The van der Waals surface area contributed by atoms with Gasteiger partial charge in [-0.1, -0.05) is 12.1 Å². The highest BCUT2D eigenvalue weighted by molar-refractivity contribution is 7.17. The summed E-state index contributed by atoms with van der Waals surface area (Å²) >= 11 is 1.33. The quantitative estimate of drug-likeness (QED) is 0.231. The molecule has 0 radical (unpaired) electrons. The molecule has 1 aliphatic carbocycles. The van der Waals surface area contributed by atoms with Crippen LogP contribution in [0.2, 0.25) is 0 Å². The van der Waals surface area contributed by atoms with Gasteiger partial charge < -0.3 is 10.1 Å². The second-order valence-electron chi connectivity index (χ2n) is 7.06. The van der Waals surface area contributed by atoms with Gasteiger partial charge in [0.1, 0.15) is 16.6 Å². The molecule has 1 amide bonds. The van der Waals surface area contributed by atoms with Crippen LogP contribution in [0.1, 0.15) is 51.7 Å². The highest BCUT2D eigenvalue weighted by Crippen LogP contribution is 2.38. The monoisotopic (exact) mass is 439 g/mol. The highest BCUT2D eigenvalue weighted by atomic mass is 32.1. The fourth-order valence-corrected chi connectivity index (χ4v) is 4.74. The van der Waals surface area contributed by atoms with E-state index in [4.69, 9.17) is 4.74 Å². The Morgan fingerprint density at radius 3 is 2.77 bits per heavy atom. The third-order valence-corrected chi connectivity index (χ3v) is 6.19. The van der Waals surface area contributed by atoms with Crippen molar-refractivity contribution < 1.29 is 19.2 Å². The van der Waals surface area contributed by atoms with Crippen LogP contribution in [0.25, 0.3) is 6.08 Å². The fourth-order valence-electron chi connectivity index (χ4n) is 3.47. The Morgan fingerprint density at radius 1 is 1.35 bits per heavy atom. The molecule has 160 valence electrons. The summed E-state index contributed by atoms with van der Waals surface area (Å²) in [4.78, 5) is 37.0. The molecule has 0 unspecified atom stereocenters. The van der Waals surface area contributed by atoms with E-state index >= 15 is 0 Å². The summed E-state index contributed by atoms with van der Waals surface area (Å²) in [5.41, 5.74) is 1.79. The van der Waals surface area contributed by atoms with Crippen LogP contribution in [0.5, 0.6) is 0 Å². The molecule has 0 bridgehead atoms. The number of nitro benzene ring substituents is 1. The van der Waals surface area contributed by atoms with Gasteiger partial charge >= 0.3 is 5.97 Å². The van der Waals surface area contributed by atoms with Gasteiger partial charge in [0.05, 0.1) is 17.1 Å². The molecule has 0 atom stereocenters. The van der Waals surface area contributed by atoms with Crippen molar-refractivity contribution in [3.8, 4) is 6.07 Å². The van der Waals surface area contributed by atoms with Gasteiger partial charge in [-0.3, -0.25) is 14.9 Å². The van der Waals surface area contributed by atoms with E-state index in [-0.39, 0.29) is 17.9 Å². The molecule has 0 fully saturated rings. The molecule has 31 heavy (non-hydrogen) atoms. The van der Waals surface area contributed by atoms with Crippen LogP contribution in [0, 0.1) is 28.4 Å². The van der Waals surface area contributed by atoms with Crippen molar-refractivity contribution >= 4 is 40.0 Å². The minimum absolute atomic E-state index is 0.0954. The number of nitriles is 1. The van der Waals surface area contributed by atoms with Crippen molar-refractivity contribution in [2.45, 2.75) is 39.5 Å². The molecule has 1 heterocycles. The zero-order chi connectivity index (χ0) is 22.5. The van der Waals surface area contributed by atoms with Gasteiger partial charge in [-0.05, 0) is 56.7 Å². The first-order valence-electron chi connectivity index (χ1n) is 9.85. The van der Waals surface area contributed by atoms with Crippen LogP contribution in [0.15, 0.2) is 23.8 Å². The standard InChI is InChI=1S/C22H21N3O5S/c1-3-30-22(27)19-16-6-4-5-7-18(16)31-21(19)24-20(26)15(12-23)10-14-9-8-13(2)17(11-14)25(28)29/h8-11H,3-7H2,1-2H3,(H,24,26)/b15-10-. The Kier molecular flexibility index (Phi) is 6.82. The number of ether oxygens (including phenoxy) is 1. The van der Waals surface area contributed by atoms with E-state index in [1.54, 1.807) is 26.0 Å². The third-order valence-electron chi connectivity index (χ3n) is 4.98. The number of nitrogens with zero attached hydrogens (tertiary/aromatic N) is 2. The van der Waals surface area contributed by atoms with Gasteiger partial charge in [0.15, 0.2) is 0 Å². The van der Waals surface area contributed by atoms with Crippen molar-refractivity contribution in [2.75, 3.05) is 11.9 Å². The van der Waals surface area contributed by atoms with Gasteiger partial charge in [-0.25, -0.2) is 4.79 Å². The van der Waals surface area contributed by atoms with Crippen molar-refractivity contribution in [2.24, 2.45) is 0 Å². The second kappa shape index (κ2) is 9.53. The molecule has 9 heteroatoms. The summed E-state index contributed by atoms with van der Waals surface area (Å²) in [5.74, 6) is -1.18. The number of carbonyl (C=O) groups excluding carboxylic acids is 2.